The molecule has 0 radical (unpaired) electrons. The van der Waals surface area contributed by atoms with Crippen LogP contribution in [0, 0.1) is 0 Å². The van der Waals surface area contributed by atoms with Gasteiger partial charge in [0.05, 0.1) is 24.8 Å². The van der Waals surface area contributed by atoms with Crippen molar-refractivity contribution in [3.63, 3.8) is 0 Å². The average Bonchev–Trinajstić information content (AvgIpc) is 2.38. The van der Waals surface area contributed by atoms with E-state index in [0.717, 1.165) is 20.3 Å². The minimum absolute atomic E-state index is 0.434. The molecule has 0 atom stereocenters. The monoisotopic (exact) mass is 312 g/mol. The van der Waals surface area contributed by atoms with Crippen LogP contribution in [0.2, 0.25) is 5.02 Å². The molecule has 1 aromatic carbocycles. The number of benzene rings is 1. The highest BCUT2D eigenvalue weighted by molar-refractivity contribution is 6.33. The van der Waals surface area contributed by atoms with Crippen molar-refractivity contribution in [1.82, 2.24) is 0 Å². The second kappa shape index (κ2) is 6.00. The maximum absolute atomic E-state index is 12.7. The Morgan fingerprint density at radius 3 is 2.20 bits per heavy atom. The van der Waals surface area contributed by atoms with Gasteiger partial charge in [-0.05, 0) is 12.1 Å². The van der Waals surface area contributed by atoms with E-state index < -0.39 is 40.2 Å². The van der Waals surface area contributed by atoms with Crippen molar-refractivity contribution < 1.29 is 37.0 Å². The molecule has 0 saturated carbocycles. The van der Waals surface area contributed by atoms with Gasteiger partial charge in [0.15, 0.2) is 5.75 Å². The van der Waals surface area contributed by atoms with E-state index in [4.69, 9.17) is 11.6 Å². The molecule has 110 valence electrons. The first kappa shape index (κ1) is 16.1. The van der Waals surface area contributed by atoms with E-state index in [1.165, 1.54) is 0 Å². The fraction of sp³-hybridized carbons (Fsp3) is 0.273. The molecule has 1 aromatic rings. The number of esters is 1. The van der Waals surface area contributed by atoms with E-state index in [1.807, 2.05) is 0 Å². The lowest BCUT2D eigenvalue weighted by Crippen LogP contribution is -2.15. The lowest BCUT2D eigenvalue weighted by atomic mass is 10.1. The summed E-state index contributed by atoms with van der Waals surface area (Å²) in [5.41, 5.74) is -1.69. The third-order valence-electron chi connectivity index (χ3n) is 2.16. The Hall–Kier alpha value is -1.96. The van der Waals surface area contributed by atoms with Crippen LogP contribution in [0.1, 0.15) is 15.9 Å². The highest BCUT2D eigenvalue weighted by Crippen LogP contribution is 2.41. The predicted octanol–water partition coefficient (Wildman–Crippen LogP) is 3.29. The van der Waals surface area contributed by atoms with Crippen LogP contribution in [0.5, 0.6) is 5.75 Å². The standard InChI is InChI=1S/C11H8ClF3O5/c1-18-9(16)5-3-4-6(11(13,14)15)7(12)8(5)20-10(17)19-2/h3-4H,1-2H3. The zero-order valence-corrected chi connectivity index (χ0v) is 11.0. The Labute approximate surface area is 116 Å². The first-order chi connectivity index (χ1) is 9.22. The zero-order valence-electron chi connectivity index (χ0n) is 10.2. The van der Waals surface area contributed by atoms with Crippen LogP contribution in [0.4, 0.5) is 18.0 Å². The molecule has 0 saturated heterocycles. The fourth-order valence-electron chi connectivity index (χ4n) is 1.27. The van der Waals surface area contributed by atoms with Crippen LogP contribution in [-0.4, -0.2) is 26.3 Å². The lowest BCUT2D eigenvalue weighted by Gasteiger charge is -2.14. The largest absolute Gasteiger partial charge is 0.513 e. The second-order valence-corrected chi connectivity index (χ2v) is 3.73. The summed E-state index contributed by atoms with van der Waals surface area (Å²) in [7, 11) is 1.96. The quantitative estimate of drug-likeness (QED) is 0.619. The minimum Gasteiger partial charge on any atom is -0.465 e. The number of ether oxygens (including phenoxy) is 3. The van der Waals surface area contributed by atoms with Crippen LogP contribution in [0.25, 0.3) is 0 Å². The summed E-state index contributed by atoms with van der Waals surface area (Å²) < 4.78 is 51.1. The third kappa shape index (κ3) is 3.32. The Balaban J connectivity index is 3.45. The van der Waals surface area contributed by atoms with Gasteiger partial charge in [0.2, 0.25) is 0 Å². The van der Waals surface area contributed by atoms with Crippen LogP contribution in [-0.2, 0) is 15.7 Å². The van der Waals surface area contributed by atoms with E-state index >= 15 is 0 Å². The van der Waals surface area contributed by atoms with E-state index in [2.05, 4.69) is 14.2 Å². The summed E-state index contributed by atoms with van der Waals surface area (Å²) in [6, 6.07) is 1.37. The van der Waals surface area contributed by atoms with Gasteiger partial charge in [-0.3, -0.25) is 0 Å². The Kier molecular flexibility index (Phi) is 4.83. The predicted molar refractivity (Wildman–Crippen MR) is 60.8 cm³/mol. The maximum Gasteiger partial charge on any atom is 0.513 e. The molecule has 5 nitrogen and oxygen atoms in total. The second-order valence-electron chi connectivity index (χ2n) is 3.35. The molecule has 0 aliphatic rings. The summed E-state index contributed by atoms with van der Waals surface area (Å²) in [6.07, 6.45) is -6.10. The van der Waals surface area contributed by atoms with Crippen molar-refractivity contribution >= 4 is 23.7 Å². The maximum atomic E-state index is 12.7. The van der Waals surface area contributed by atoms with Crippen LogP contribution >= 0.6 is 11.6 Å². The van der Waals surface area contributed by atoms with Gasteiger partial charge in [-0.2, -0.15) is 13.2 Å². The summed E-state index contributed by atoms with van der Waals surface area (Å²) in [6.45, 7) is 0. The summed E-state index contributed by atoms with van der Waals surface area (Å²) in [5.74, 6) is -1.79. The SMILES string of the molecule is COC(=O)Oc1c(C(=O)OC)ccc(C(F)(F)F)c1Cl. The van der Waals surface area contributed by atoms with Crippen molar-refractivity contribution in [1.29, 1.82) is 0 Å². The molecule has 0 spiro atoms. The van der Waals surface area contributed by atoms with Gasteiger partial charge in [0.1, 0.15) is 5.56 Å². The Morgan fingerprint density at radius 2 is 1.75 bits per heavy atom. The summed E-state index contributed by atoms with van der Waals surface area (Å²) in [5, 5.41) is -0.939. The highest BCUT2D eigenvalue weighted by Gasteiger charge is 2.36. The number of rotatable bonds is 2. The van der Waals surface area contributed by atoms with Crippen LogP contribution in [0.3, 0.4) is 0 Å². The molecule has 1 rings (SSSR count). The lowest BCUT2D eigenvalue weighted by molar-refractivity contribution is -0.137. The van der Waals surface area contributed by atoms with Crippen molar-refractivity contribution in [2.75, 3.05) is 14.2 Å². The first-order valence-corrected chi connectivity index (χ1v) is 5.34. The van der Waals surface area contributed by atoms with Crippen molar-refractivity contribution in [3.8, 4) is 5.75 Å². The van der Waals surface area contributed by atoms with E-state index in [9.17, 15) is 22.8 Å². The number of carbonyl (C=O) groups is 2. The number of alkyl halides is 3. The molecule has 0 amide bonds. The van der Waals surface area contributed by atoms with Crippen molar-refractivity contribution in [2.45, 2.75) is 6.18 Å². The number of hydrogen-bond acceptors (Lipinski definition) is 5. The molecule has 20 heavy (non-hydrogen) atoms. The molecule has 0 aromatic heterocycles. The van der Waals surface area contributed by atoms with Gasteiger partial charge >= 0.3 is 18.3 Å². The van der Waals surface area contributed by atoms with E-state index in [1.54, 1.807) is 0 Å². The topological polar surface area (TPSA) is 61.8 Å². The van der Waals surface area contributed by atoms with Crippen LogP contribution in [0.15, 0.2) is 12.1 Å². The third-order valence-corrected chi connectivity index (χ3v) is 2.54. The number of methoxy groups -OCH3 is 2. The summed E-state index contributed by atoms with van der Waals surface area (Å²) >= 11 is 5.54. The van der Waals surface area contributed by atoms with Gasteiger partial charge in [-0.1, -0.05) is 11.6 Å². The molecule has 9 heteroatoms. The van der Waals surface area contributed by atoms with Crippen LogP contribution < -0.4 is 4.74 Å². The van der Waals surface area contributed by atoms with Gasteiger partial charge in [-0.15, -0.1) is 0 Å². The van der Waals surface area contributed by atoms with E-state index in [-0.39, 0.29) is 0 Å². The fourth-order valence-corrected chi connectivity index (χ4v) is 1.58. The first-order valence-electron chi connectivity index (χ1n) is 4.96. The normalized spacial score (nSPS) is 10.9. The number of hydrogen-bond donors (Lipinski definition) is 0. The van der Waals surface area contributed by atoms with Gasteiger partial charge in [-0.25, -0.2) is 9.59 Å². The van der Waals surface area contributed by atoms with Gasteiger partial charge < -0.3 is 14.2 Å². The average molecular weight is 313 g/mol. The van der Waals surface area contributed by atoms with Crippen molar-refractivity contribution in [2.24, 2.45) is 0 Å². The molecule has 0 unspecified atom stereocenters. The van der Waals surface area contributed by atoms with Gasteiger partial charge in [0, 0.05) is 0 Å². The molecule has 0 aliphatic heterocycles. The Bertz CT molecular complexity index is 542. The molecular weight excluding hydrogens is 305 g/mol. The molecular formula is C11H8ClF3O5. The molecule has 0 fully saturated rings. The number of halogens is 4. The molecule has 0 heterocycles. The number of carbonyl (C=O) groups excluding carboxylic acids is 2. The van der Waals surface area contributed by atoms with Crippen molar-refractivity contribution in [3.05, 3.63) is 28.3 Å². The van der Waals surface area contributed by atoms with E-state index in [0.29, 0.717) is 6.07 Å². The minimum atomic E-state index is -4.78. The Morgan fingerprint density at radius 1 is 1.15 bits per heavy atom. The van der Waals surface area contributed by atoms with Gasteiger partial charge in [0.25, 0.3) is 0 Å². The summed E-state index contributed by atoms with van der Waals surface area (Å²) in [4.78, 5) is 22.4. The molecule has 0 N–H and O–H groups in total. The molecule has 0 bridgehead atoms. The highest BCUT2D eigenvalue weighted by atomic mass is 35.5. The zero-order chi connectivity index (χ0) is 15.5. The molecule has 0 aliphatic carbocycles. The smallest absolute Gasteiger partial charge is 0.465 e.